The standard InChI is InChI=1S/C20H24O2/c1-13(21)22-15-6-8-16-14(12-15)5-7-18-17(16)9-11-20(2)10-3-4-19(18)20/h3,6,8,10,12,17-19H,4-5,7,9,11H2,1-2H3/t17?,18?,19?,20-/m0/s1. The number of fused-ring (bicyclic) bond motifs is 5. The third kappa shape index (κ3) is 2.12. The van der Waals surface area contributed by atoms with Crippen LogP contribution in [0.4, 0.5) is 0 Å². The molecule has 3 aliphatic carbocycles. The molecule has 1 aromatic rings. The van der Waals surface area contributed by atoms with Gasteiger partial charge in [-0.05, 0) is 78.5 Å². The van der Waals surface area contributed by atoms with Gasteiger partial charge in [-0.25, -0.2) is 0 Å². The average Bonchev–Trinajstić information content (AvgIpc) is 2.88. The molecule has 2 nitrogen and oxygen atoms in total. The van der Waals surface area contributed by atoms with Gasteiger partial charge in [-0.2, -0.15) is 0 Å². The maximum atomic E-state index is 11.1. The van der Waals surface area contributed by atoms with Crippen LogP contribution in [0.3, 0.4) is 0 Å². The number of benzene rings is 1. The molecule has 2 heteroatoms. The Morgan fingerprint density at radius 1 is 1.32 bits per heavy atom. The van der Waals surface area contributed by atoms with Crippen molar-refractivity contribution in [3.05, 3.63) is 41.5 Å². The summed E-state index contributed by atoms with van der Waals surface area (Å²) in [5.74, 6) is 2.81. The number of rotatable bonds is 1. The van der Waals surface area contributed by atoms with Crippen molar-refractivity contribution in [2.24, 2.45) is 17.3 Å². The number of carbonyl (C=O) groups is 1. The lowest BCUT2D eigenvalue weighted by Crippen LogP contribution is -2.39. The zero-order valence-electron chi connectivity index (χ0n) is 13.5. The van der Waals surface area contributed by atoms with Crippen molar-refractivity contribution in [3.8, 4) is 5.75 Å². The molecular weight excluding hydrogens is 272 g/mol. The van der Waals surface area contributed by atoms with Crippen LogP contribution in [0.2, 0.25) is 0 Å². The van der Waals surface area contributed by atoms with Crippen molar-refractivity contribution in [1.82, 2.24) is 0 Å². The molecule has 4 atom stereocenters. The van der Waals surface area contributed by atoms with Crippen LogP contribution in [-0.2, 0) is 11.2 Å². The van der Waals surface area contributed by atoms with Gasteiger partial charge in [0.15, 0.2) is 0 Å². The molecule has 4 rings (SSSR count). The van der Waals surface area contributed by atoms with E-state index in [0.29, 0.717) is 17.1 Å². The van der Waals surface area contributed by atoms with Crippen LogP contribution < -0.4 is 4.74 Å². The lowest BCUT2D eigenvalue weighted by atomic mass is 9.56. The molecule has 0 spiro atoms. The van der Waals surface area contributed by atoms with Gasteiger partial charge in [-0.3, -0.25) is 4.79 Å². The van der Waals surface area contributed by atoms with Crippen LogP contribution in [0.15, 0.2) is 30.4 Å². The van der Waals surface area contributed by atoms with E-state index < -0.39 is 0 Å². The van der Waals surface area contributed by atoms with Crippen LogP contribution >= 0.6 is 0 Å². The molecule has 1 fully saturated rings. The lowest BCUT2D eigenvalue weighted by molar-refractivity contribution is -0.131. The molecule has 0 amide bonds. The van der Waals surface area contributed by atoms with E-state index in [-0.39, 0.29) is 5.97 Å². The topological polar surface area (TPSA) is 26.3 Å². The Bertz CT molecular complexity index is 645. The number of hydrogen-bond acceptors (Lipinski definition) is 2. The molecular formula is C20H24O2. The van der Waals surface area contributed by atoms with E-state index in [2.05, 4.69) is 31.2 Å². The predicted molar refractivity (Wildman–Crippen MR) is 86.9 cm³/mol. The van der Waals surface area contributed by atoms with E-state index in [0.717, 1.165) is 18.3 Å². The molecule has 0 aliphatic heterocycles. The molecule has 22 heavy (non-hydrogen) atoms. The fourth-order valence-corrected chi connectivity index (χ4v) is 5.27. The van der Waals surface area contributed by atoms with E-state index in [1.165, 1.54) is 43.7 Å². The normalized spacial score (nSPS) is 35.5. The summed E-state index contributed by atoms with van der Waals surface area (Å²) in [6.45, 7) is 3.92. The number of aryl methyl sites for hydroxylation is 1. The molecule has 0 N–H and O–H groups in total. The highest BCUT2D eigenvalue weighted by molar-refractivity contribution is 5.69. The van der Waals surface area contributed by atoms with Crippen molar-refractivity contribution in [3.63, 3.8) is 0 Å². The van der Waals surface area contributed by atoms with E-state index in [4.69, 9.17) is 4.74 Å². The number of allylic oxidation sites excluding steroid dienone is 2. The Morgan fingerprint density at radius 3 is 3.00 bits per heavy atom. The molecule has 3 unspecified atom stereocenters. The van der Waals surface area contributed by atoms with Gasteiger partial charge in [-0.1, -0.05) is 25.1 Å². The van der Waals surface area contributed by atoms with Gasteiger partial charge in [0.1, 0.15) is 5.75 Å². The summed E-state index contributed by atoms with van der Waals surface area (Å²) in [6, 6.07) is 6.28. The van der Waals surface area contributed by atoms with Gasteiger partial charge in [0.2, 0.25) is 0 Å². The smallest absolute Gasteiger partial charge is 0.308 e. The molecule has 0 radical (unpaired) electrons. The second kappa shape index (κ2) is 4.97. The highest BCUT2D eigenvalue weighted by atomic mass is 16.5. The van der Waals surface area contributed by atoms with Crippen LogP contribution in [0.1, 0.15) is 56.6 Å². The number of hydrogen-bond donors (Lipinski definition) is 0. The monoisotopic (exact) mass is 296 g/mol. The van der Waals surface area contributed by atoms with Crippen LogP contribution in [-0.4, -0.2) is 5.97 Å². The molecule has 0 saturated heterocycles. The first-order valence-corrected chi connectivity index (χ1v) is 8.56. The van der Waals surface area contributed by atoms with Crippen molar-refractivity contribution >= 4 is 5.97 Å². The molecule has 3 aliphatic rings. The van der Waals surface area contributed by atoms with Gasteiger partial charge in [0.25, 0.3) is 0 Å². The maximum absolute atomic E-state index is 11.1. The number of ether oxygens (including phenoxy) is 1. The molecule has 0 bridgehead atoms. The number of esters is 1. The summed E-state index contributed by atoms with van der Waals surface area (Å²) in [4.78, 5) is 11.1. The molecule has 0 aromatic heterocycles. The van der Waals surface area contributed by atoms with Crippen molar-refractivity contribution < 1.29 is 9.53 Å². The summed E-state index contributed by atoms with van der Waals surface area (Å²) in [6.07, 6.45) is 11.2. The van der Waals surface area contributed by atoms with E-state index in [9.17, 15) is 4.79 Å². The Kier molecular flexibility index (Phi) is 3.18. The van der Waals surface area contributed by atoms with Gasteiger partial charge in [0, 0.05) is 6.92 Å². The van der Waals surface area contributed by atoms with Crippen molar-refractivity contribution in [2.75, 3.05) is 0 Å². The predicted octanol–water partition coefficient (Wildman–Crippen LogP) is 4.63. The van der Waals surface area contributed by atoms with Gasteiger partial charge >= 0.3 is 5.97 Å². The van der Waals surface area contributed by atoms with Crippen LogP contribution in [0.5, 0.6) is 5.75 Å². The second-order valence-corrected chi connectivity index (χ2v) is 7.55. The van der Waals surface area contributed by atoms with Crippen LogP contribution in [0.25, 0.3) is 0 Å². The highest BCUT2D eigenvalue weighted by Gasteiger charge is 2.48. The van der Waals surface area contributed by atoms with Crippen molar-refractivity contribution in [1.29, 1.82) is 0 Å². The SMILES string of the molecule is CC(=O)Oc1ccc2c(c1)CCC1C2CC[C@]2(C)C=CCC12. The van der Waals surface area contributed by atoms with E-state index >= 15 is 0 Å². The summed E-state index contributed by atoms with van der Waals surface area (Å²) in [5, 5.41) is 0. The third-order valence-electron chi connectivity index (χ3n) is 6.29. The number of carbonyl (C=O) groups excluding carboxylic acids is 1. The van der Waals surface area contributed by atoms with Gasteiger partial charge < -0.3 is 4.74 Å². The molecule has 0 heterocycles. The van der Waals surface area contributed by atoms with Crippen molar-refractivity contribution in [2.45, 2.75) is 51.9 Å². The van der Waals surface area contributed by atoms with Gasteiger partial charge in [-0.15, -0.1) is 0 Å². The fourth-order valence-electron chi connectivity index (χ4n) is 5.27. The second-order valence-electron chi connectivity index (χ2n) is 7.55. The third-order valence-corrected chi connectivity index (χ3v) is 6.29. The minimum absolute atomic E-state index is 0.237. The fraction of sp³-hybridized carbons (Fsp3) is 0.550. The molecule has 1 saturated carbocycles. The summed E-state index contributed by atoms with van der Waals surface area (Å²) < 4.78 is 5.25. The molecule has 116 valence electrons. The quantitative estimate of drug-likeness (QED) is 0.429. The summed E-state index contributed by atoms with van der Waals surface area (Å²) in [5.41, 5.74) is 3.35. The zero-order valence-corrected chi connectivity index (χ0v) is 13.5. The first-order valence-electron chi connectivity index (χ1n) is 8.56. The highest BCUT2D eigenvalue weighted by Crippen LogP contribution is 2.58. The minimum Gasteiger partial charge on any atom is -0.427 e. The van der Waals surface area contributed by atoms with Gasteiger partial charge in [0.05, 0.1) is 0 Å². The van der Waals surface area contributed by atoms with E-state index in [1.54, 1.807) is 0 Å². The zero-order chi connectivity index (χ0) is 15.3. The average molecular weight is 296 g/mol. The lowest BCUT2D eigenvalue weighted by Gasteiger charge is -2.49. The van der Waals surface area contributed by atoms with Crippen LogP contribution in [0, 0.1) is 17.3 Å². The summed E-state index contributed by atoms with van der Waals surface area (Å²) >= 11 is 0. The Labute approximate surface area is 132 Å². The Balaban J connectivity index is 1.64. The van der Waals surface area contributed by atoms with E-state index in [1.807, 2.05) is 6.07 Å². The molecule has 1 aromatic carbocycles. The Morgan fingerprint density at radius 2 is 2.18 bits per heavy atom. The minimum atomic E-state index is -0.237. The first-order chi connectivity index (χ1) is 10.6. The maximum Gasteiger partial charge on any atom is 0.308 e. The Hall–Kier alpha value is -1.57. The largest absolute Gasteiger partial charge is 0.427 e. The first kappa shape index (κ1) is 14.0. The summed E-state index contributed by atoms with van der Waals surface area (Å²) in [7, 11) is 0.